The van der Waals surface area contributed by atoms with Crippen LogP contribution in [0.3, 0.4) is 0 Å². The highest BCUT2D eigenvalue weighted by molar-refractivity contribution is 4.94. The summed E-state index contributed by atoms with van der Waals surface area (Å²) >= 11 is 0. The summed E-state index contributed by atoms with van der Waals surface area (Å²) in [7, 11) is 0. The van der Waals surface area contributed by atoms with Crippen molar-refractivity contribution in [2.75, 3.05) is 13.1 Å². The molecular weight excluding hydrogens is 172 g/mol. The molecule has 0 radical (unpaired) electrons. The van der Waals surface area contributed by atoms with E-state index in [1.807, 2.05) is 6.08 Å². The largest absolute Gasteiger partial charge is 0.326 e. The van der Waals surface area contributed by atoms with Gasteiger partial charge in [0.15, 0.2) is 0 Å². The fourth-order valence-corrected chi connectivity index (χ4v) is 2.18. The molecular formula is C12H24N2. The molecule has 1 fully saturated rings. The lowest BCUT2D eigenvalue weighted by Crippen LogP contribution is -2.54. The molecule has 1 saturated heterocycles. The van der Waals surface area contributed by atoms with E-state index in [1.165, 1.54) is 25.9 Å². The second kappa shape index (κ2) is 4.94. The lowest BCUT2D eigenvalue weighted by atomic mass is 9.90. The molecule has 0 aromatic carbocycles. The highest BCUT2D eigenvalue weighted by Crippen LogP contribution is 2.25. The molecule has 1 heterocycles. The second-order valence-corrected chi connectivity index (χ2v) is 4.82. The van der Waals surface area contributed by atoms with Gasteiger partial charge in [0.05, 0.1) is 0 Å². The summed E-state index contributed by atoms with van der Waals surface area (Å²) < 4.78 is 0. The van der Waals surface area contributed by atoms with Crippen LogP contribution in [0.5, 0.6) is 0 Å². The summed E-state index contributed by atoms with van der Waals surface area (Å²) in [5.41, 5.74) is 6.38. The van der Waals surface area contributed by atoms with Gasteiger partial charge in [-0.2, -0.15) is 0 Å². The first kappa shape index (κ1) is 11.7. The zero-order valence-electron chi connectivity index (χ0n) is 9.63. The fraction of sp³-hybridized carbons (Fsp3) is 0.833. The summed E-state index contributed by atoms with van der Waals surface area (Å²) in [4.78, 5) is 2.53. The smallest absolute Gasteiger partial charge is 0.0304 e. The van der Waals surface area contributed by atoms with Crippen molar-refractivity contribution < 1.29 is 0 Å². The summed E-state index contributed by atoms with van der Waals surface area (Å²) in [5.74, 6) is 0. The van der Waals surface area contributed by atoms with Crippen LogP contribution in [0.15, 0.2) is 12.7 Å². The Hall–Kier alpha value is -0.340. The van der Waals surface area contributed by atoms with Crippen molar-refractivity contribution >= 4 is 0 Å². The molecule has 0 bridgehead atoms. The number of hydrogen-bond donors (Lipinski definition) is 1. The lowest BCUT2D eigenvalue weighted by Gasteiger charge is -2.40. The topological polar surface area (TPSA) is 29.3 Å². The molecule has 0 aromatic heterocycles. The van der Waals surface area contributed by atoms with Gasteiger partial charge in [-0.1, -0.05) is 6.08 Å². The van der Waals surface area contributed by atoms with Crippen LogP contribution in [0.2, 0.25) is 0 Å². The molecule has 0 amide bonds. The van der Waals surface area contributed by atoms with Crippen molar-refractivity contribution in [3.8, 4) is 0 Å². The second-order valence-electron chi connectivity index (χ2n) is 4.82. The molecule has 0 saturated carbocycles. The van der Waals surface area contributed by atoms with E-state index in [-0.39, 0.29) is 11.6 Å². The molecule has 1 aliphatic heterocycles. The standard InChI is InChI=1S/C12H24N2/c1-4-5-8-11(13)12(2,3)14-9-6-7-10-14/h4,11H,1,5-10,13H2,2-3H3. The average molecular weight is 196 g/mol. The minimum absolute atomic E-state index is 0.152. The molecule has 0 aliphatic carbocycles. The Kier molecular flexibility index (Phi) is 4.14. The molecule has 2 N–H and O–H groups in total. The first-order chi connectivity index (χ1) is 6.59. The third-order valence-corrected chi connectivity index (χ3v) is 3.51. The third-order valence-electron chi connectivity index (χ3n) is 3.51. The summed E-state index contributed by atoms with van der Waals surface area (Å²) in [6, 6.07) is 0.263. The quantitative estimate of drug-likeness (QED) is 0.683. The van der Waals surface area contributed by atoms with E-state index in [9.17, 15) is 0 Å². The van der Waals surface area contributed by atoms with Crippen molar-refractivity contribution in [2.45, 2.75) is 51.1 Å². The van der Waals surface area contributed by atoms with E-state index >= 15 is 0 Å². The third kappa shape index (κ3) is 2.58. The Bertz CT molecular complexity index is 181. The highest BCUT2D eigenvalue weighted by atomic mass is 15.2. The first-order valence-corrected chi connectivity index (χ1v) is 5.70. The van der Waals surface area contributed by atoms with Gasteiger partial charge in [0.2, 0.25) is 0 Å². The summed E-state index contributed by atoms with van der Waals surface area (Å²) in [6.07, 6.45) is 6.70. The summed E-state index contributed by atoms with van der Waals surface area (Å²) in [6.45, 7) is 10.7. The van der Waals surface area contributed by atoms with Crippen LogP contribution in [0, 0.1) is 0 Å². The zero-order chi connectivity index (χ0) is 10.6. The Morgan fingerprint density at radius 2 is 2.00 bits per heavy atom. The fourth-order valence-electron chi connectivity index (χ4n) is 2.18. The van der Waals surface area contributed by atoms with E-state index in [0.29, 0.717) is 0 Å². The number of hydrogen-bond acceptors (Lipinski definition) is 2. The van der Waals surface area contributed by atoms with Crippen molar-refractivity contribution in [3.63, 3.8) is 0 Å². The van der Waals surface area contributed by atoms with Crippen LogP contribution in [-0.4, -0.2) is 29.6 Å². The van der Waals surface area contributed by atoms with Gasteiger partial charge in [0, 0.05) is 11.6 Å². The molecule has 2 heteroatoms. The van der Waals surface area contributed by atoms with Gasteiger partial charge in [0.1, 0.15) is 0 Å². The minimum Gasteiger partial charge on any atom is -0.326 e. The number of allylic oxidation sites excluding steroid dienone is 1. The number of nitrogens with two attached hydrogens (primary N) is 1. The number of likely N-dealkylation sites (tertiary alicyclic amines) is 1. The van der Waals surface area contributed by atoms with Gasteiger partial charge in [0.25, 0.3) is 0 Å². The van der Waals surface area contributed by atoms with Crippen molar-refractivity contribution in [3.05, 3.63) is 12.7 Å². The van der Waals surface area contributed by atoms with Crippen molar-refractivity contribution in [1.29, 1.82) is 0 Å². The predicted octanol–water partition coefficient (Wildman–Crippen LogP) is 2.15. The molecule has 1 atom stereocenters. The monoisotopic (exact) mass is 196 g/mol. The molecule has 14 heavy (non-hydrogen) atoms. The Labute approximate surface area is 88.2 Å². The van der Waals surface area contributed by atoms with E-state index in [2.05, 4.69) is 25.3 Å². The van der Waals surface area contributed by atoms with Crippen LogP contribution in [0.25, 0.3) is 0 Å². The van der Waals surface area contributed by atoms with E-state index in [4.69, 9.17) is 5.73 Å². The van der Waals surface area contributed by atoms with Gasteiger partial charge in [-0.05, 0) is 52.6 Å². The summed E-state index contributed by atoms with van der Waals surface area (Å²) in [5, 5.41) is 0. The maximum absolute atomic E-state index is 6.23. The molecule has 1 aliphatic rings. The Balaban J connectivity index is 2.48. The normalized spacial score (nSPS) is 21.1. The highest BCUT2D eigenvalue weighted by Gasteiger charge is 2.33. The predicted molar refractivity (Wildman–Crippen MR) is 62.3 cm³/mol. The van der Waals surface area contributed by atoms with Gasteiger partial charge in [-0.3, -0.25) is 4.90 Å². The van der Waals surface area contributed by atoms with Gasteiger partial charge >= 0.3 is 0 Å². The van der Waals surface area contributed by atoms with Gasteiger partial charge in [-0.15, -0.1) is 6.58 Å². The lowest BCUT2D eigenvalue weighted by molar-refractivity contribution is 0.120. The number of nitrogens with zero attached hydrogens (tertiary/aromatic N) is 1. The Morgan fingerprint density at radius 1 is 1.43 bits per heavy atom. The maximum atomic E-state index is 6.23. The van der Waals surface area contributed by atoms with Crippen LogP contribution >= 0.6 is 0 Å². The first-order valence-electron chi connectivity index (χ1n) is 5.70. The average Bonchev–Trinajstić information content (AvgIpc) is 2.67. The van der Waals surface area contributed by atoms with Crippen LogP contribution in [-0.2, 0) is 0 Å². The SMILES string of the molecule is C=CCCC(N)C(C)(C)N1CCCC1. The molecule has 0 aromatic rings. The molecule has 2 nitrogen and oxygen atoms in total. The van der Waals surface area contributed by atoms with Gasteiger partial charge in [-0.25, -0.2) is 0 Å². The minimum atomic E-state index is 0.152. The zero-order valence-corrected chi connectivity index (χ0v) is 9.63. The van der Waals surface area contributed by atoms with Crippen LogP contribution in [0.1, 0.15) is 39.5 Å². The molecule has 1 rings (SSSR count). The Morgan fingerprint density at radius 3 is 2.50 bits per heavy atom. The molecule has 1 unspecified atom stereocenters. The maximum Gasteiger partial charge on any atom is 0.0304 e. The number of rotatable bonds is 5. The van der Waals surface area contributed by atoms with E-state index in [0.717, 1.165) is 12.8 Å². The van der Waals surface area contributed by atoms with E-state index in [1.54, 1.807) is 0 Å². The van der Waals surface area contributed by atoms with Crippen LogP contribution < -0.4 is 5.73 Å². The van der Waals surface area contributed by atoms with Crippen molar-refractivity contribution in [2.24, 2.45) is 5.73 Å². The molecule has 82 valence electrons. The van der Waals surface area contributed by atoms with Crippen molar-refractivity contribution in [1.82, 2.24) is 4.90 Å². The van der Waals surface area contributed by atoms with E-state index < -0.39 is 0 Å². The van der Waals surface area contributed by atoms with Gasteiger partial charge < -0.3 is 5.73 Å². The van der Waals surface area contributed by atoms with Crippen LogP contribution in [0.4, 0.5) is 0 Å². The molecule has 0 spiro atoms.